The average Bonchev–Trinajstić information content (AvgIpc) is 3.46. The molecule has 2 heteroatoms. The summed E-state index contributed by atoms with van der Waals surface area (Å²) in [7, 11) is 0. The van der Waals surface area contributed by atoms with E-state index in [-0.39, 0.29) is 0 Å². The van der Waals surface area contributed by atoms with Crippen molar-refractivity contribution in [3.8, 4) is 0 Å². The molecule has 0 heterocycles. The Morgan fingerprint density at radius 1 is 0.527 bits per heavy atom. The fourth-order valence-corrected chi connectivity index (χ4v) is 8.65. The Balaban J connectivity index is 1.19. The Morgan fingerprint density at radius 3 is 1.82 bits per heavy atom. The molecule has 2 aliphatic rings. The van der Waals surface area contributed by atoms with Crippen LogP contribution in [0.4, 0.5) is 22.7 Å². The standard InChI is InChI=1S/C53H40N2/c1-37(30-31-38-16-5-2-6-17-38)54(41-21-7-3-8-22-41)50-34-32-46-45-27-15-29-49-51(35-33-47(53(45)49)44-26-14-28-48(50)52(44)46)55(42-23-9-4-10-24-42)43-25-13-20-39-18-11-12-19-40(39)36-43/h2-12,14-16,18-36H,13,17H2,1H3/b37-30+,38-31-. The van der Waals surface area contributed by atoms with Crippen LogP contribution >= 0.6 is 0 Å². The summed E-state index contributed by atoms with van der Waals surface area (Å²) < 4.78 is 0. The molecule has 0 saturated carbocycles. The third-order valence-electron chi connectivity index (χ3n) is 11.2. The molecule has 55 heavy (non-hydrogen) atoms. The topological polar surface area (TPSA) is 6.48 Å². The van der Waals surface area contributed by atoms with Crippen LogP contribution in [-0.2, 0) is 0 Å². The van der Waals surface area contributed by atoms with E-state index >= 15 is 0 Å². The first-order valence-corrected chi connectivity index (χ1v) is 19.2. The number of rotatable bonds is 7. The highest BCUT2D eigenvalue weighted by Gasteiger charge is 2.22. The van der Waals surface area contributed by atoms with Gasteiger partial charge in [0, 0.05) is 33.5 Å². The Bertz CT molecular complexity index is 3010. The van der Waals surface area contributed by atoms with Gasteiger partial charge in [-0.15, -0.1) is 0 Å². The summed E-state index contributed by atoms with van der Waals surface area (Å²) in [5.74, 6) is 0. The summed E-state index contributed by atoms with van der Waals surface area (Å²) >= 11 is 0. The fourth-order valence-electron chi connectivity index (χ4n) is 8.65. The van der Waals surface area contributed by atoms with Crippen molar-refractivity contribution < 1.29 is 0 Å². The molecule has 0 fully saturated rings. The molecule has 0 unspecified atom stereocenters. The number of benzene rings is 8. The maximum atomic E-state index is 2.44. The van der Waals surface area contributed by atoms with Gasteiger partial charge in [0.15, 0.2) is 0 Å². The molecule has 262 valence electrons. The van der Waals surface area contributed by atoms with Gasteiger partial charge in [-0.1, -0.05) is 152 Å². The molecule has 2 aliphatic carbocycles. The van der Waals surface area contributed by atoms with Crippen LogP contribution in [0.1, 0.15) is 19.8 Å². The first kappa shape index (κ1) is 32.7. The monoisotopic (exact) mass is 704 g/mol. The van der Waals surface area contributed by atoms with E-state index in [9.17, 15) is 0 Å². The van der Waals surface area contributed by atoms with Crippen LogP contribution in [0.5, 0.6) is 0 Å². The number of hydrogen-bond donors (Lipinski definition) is 0. The van der Waals surface area contributed by atoms with Crippen molar-refractivity contribution in [3.63, 3.8) is 0 Å². The van der Waals surface area contributed by atoms with Crippen LogP contribution in [0.3, 0.4) is 0 Å². The van der Waals surface area contributed by atoms with E-state index in [4.69, 9.17) is 0 Å². The van der Waals surface area contributed by atoms with E-state index in [1.807, 2.05) is 0 Å². The van der Waals surface area contributed by atoms with Gasteiger partial charge in [-0.3, -0.25) is 0 Å². The number of fused-ring (bicyclic) bond motifs is 3. The highest BCUT2D eigenvalue weighted by atomic mass is 15.2. The second-order valence-electron chi connectivity index (χ2n) is 14.4. The summed E-state index contributed by atoms with van der Waals surface area (Å²) in [6.07, 6.45) is 22.0. The SMILES string of the molecule is C/C(=C\C=C1\C=CC=CC1)N(c1ccccc1)c1ccc2c3cccc4c(N(C5=CCC=c6ccccc6=C5)c5ccccc5)ccc(c5cccc1c52)c43. The summed E-state index contributed by atoms with van der Waals surface area (Å²) in [4.78, 5) is 4.85. The Labute approximate surface area is 321 Å². The Morgan fingerprint density at radius 2 is 1.13 bits per heavy atom. The lowest BCUT2D eigenvalue weighted by Gasteiger charge is -2.29. The molecule has 0 radical (unpaired) electrons. The van der Waals surface area contributed by atoms with Gasteiger partial charge in [-0.05, 0) is 117 Å². The largest absolute Gasteiger partial charge is 0.314 e. The number of allylic oxidation sites excluding steroid dienone is 10. The van der Waals surface area contributed by atoms with E-state index in [0.717, 1.165) is 29.9 Å². The molecule has 0 aromatic heterocycles. The summed E-state index contributed by atoms with van der Waals surface area (Å²) in [6, 6.07) is 53.3. The van der Waals surface area contributed by atoms with E-state index in [0.29, 0.717) is 0 Å². The van der Waals surface area contributed by atoms with Crippen LogP contribution in [0.25, 0.3) is 55.2 Å². The summed E-state index contributed by atoms with van der Waals surface area (Å²) in [6.45, 7) is 2.22. The van der Waals surface area contributed by atoms with Crippen molar-refractivity contribution in [1.82, 2.24) is 0 Å². The quantitative estimate of drug-likeness (QED) is 0.120. The van der Waals surface area contributed by atoms with Crippen molar-refractivity contribution >= 4 is 78.0 Å². The van der Waals surface area contributed by atoms with Gasteiger partial charge in [0.25, 0.3) is 0 Å². The molecule has 0 amide bonds. The minimum absolute atomic E-state index is 0.867. The van der Waals surface area contributed by atoms with E-state index < -0.39 is 0 Å². The first-order chi connectivity index (χ1) is 27.2. The molecule has 0 saturated heterocycles. The maximum absolute atomic E-state index is 2.44. The molecule has 0 atom stereocenters. The lowest BCUT2D eigenvalue weighted by molar-refractivity contribution is 1.16. The molecule has 8 aromatic rings. The van der Waals surface area contributed by atoms with Crippen molar-refractivity contribution in [3.05, 3.63) is 216 Å². The number of anilines is 4. The molecule has 2 nitrogen and oxygen atoms in total. The zero-order valence-corrected chi connectivity index (χ0v) is 30.9. The smallest absolute Gasteiger partial charge is 0.0540 e. The second-order valence-corrected chi connectivity index (χ2v) is 14.4. The molecule has 8 aromatic carbocycles. The van der Waals surface area contributed by atoms with Crippen LogP contribution in [0, 0.1) is 0 Å². The fraction of sp³-hybridized carbons (Fsp3) is 0.0566. The van der Waals surface area contributed by atoms with Crippen molar-refractivity contribution in [2.45, 2.75) is 19.8 Å². The third-order valence-corrected chi connectivity index (χ3v) is 11.2. The van der Waals surface area contributed by atoms with Gasteiger partial charge in [-0.25, -0.2) is 0 Å². The van der Waals surface area contributed by atoms with Gasteiger partial charge in [0.05, 0.1) is 11.4 Å². The van der Waals surface area contributed by atoms with Gasteiger partial charge in [0.2, 0.25) is 0 Å². The maximum Gasteiger partial charge on any atom is 0.0540 e. The highest BCUT2D eigenvalue weighted by molar-refractivity contribution is 6.35. The van der Waals surface area contributed by atoms with E-state index in [1.165, 1.54) is 76.2 Å². The van der Waals surface area contributed by atoms with Crippen LogP contribution in [-0.4, -0.2) is 0 Å². The summed E-state index contributed by atoms with van der Waals surface area (Å²) in [5.41, 5.74) is 8.27. The third kappa shape index (κ3) is 5.75. The van der Waals surface area contributed by atoms with Crippen LogP contribution in [0.15, 0.2) is 205 Å². The minimum atomic E-state index is 0.867. The van der Waals surface area contributed by atoms with Gasteiger partial charge in [-0.2, -0.15) is 0 Å². The molecule has 0 bridgehead atoms. The number of para-hydroxylation sites is 2. The lowest BCUT2D eigenvalue weighted by Crippen LogP contribution is -2.25. The number of nitrogens with zero attached hydrogens (tertiary/aromatic N) is 2. The lowest BCUT2D eigenvalue weighted by atomic mass is 9.88. The first-order valence-electron chi connectivity index (χ1n) is 19.2. The normalized spacial score (nSPS) is 14.9. The van der Waals surface area contributed by atoms with Crippen molar-refractivity contribution in [2.24, 2.45) is 0 Å². The molecular formula is C53H40N2. The molecule has 0 aliphatic heterocycles. The zero-order chi connectivity index (χ0) is 36.7. The highest BCUT2D eigenvalue weighted by Crippen LogP contribution is 2.47. The van der Waals surface area contributed by atoms with E-state index in [2.05, 4.69) is 217 Å². The molecule has 10 rings (SSSR count). The van der Waals surface area contributed by atoms with Crippen molar-refractivity contribution in [2.75, 3.05) is 9.80 Å². The predicted octanol–water partition coefficient (Wildman–Crippen LogP) is 12.9. The zero-order valence-electron chi connectivity index (χ0n) is 30.9. The van der Waals surface area contributed by atoms with Gasteiger partial charge >= 0.3 is 0 Å². The van der Waals surface area contributed by atoms with Crippen LogP contribution in [0.2, 0.25) is 0 Å². The Hall–Kier alpha value is -6.90. The van der Waals surface area contributed by atoms with Crippen molar-refractivity contribution in [1.29, 1.82) is 0 Å². The Kier molecular flexibility index (Phi) is 8.22. The minimum Gasteiger partial charge on any atom is -0.314 e. The number of hydrogen-bond acceptors (Lipinski definition) is 2. The second kappa shape index (κ2) is 13.8. The van der Waals surface area contributed by atoms with Crippen LogP contribution < -0.4 is 20.2 Å². The molecular weight excluding hydrogens is 665 g/mol. The molecule has 0 spiro atoms. The summed E-state index contributed by atoms with van der Waals surface area (Å²) in [5, 5.41) is 12.7. The van der Waals surface area contributed by atoms with E-state index in [1.54, 1.807) is 0 Å². The van der Waals surface area contributed by atoms with Gasteiger partial charge in [0.1, 0.15) is 0 Å². The average molecular weight is 705 g/mol. The predicted molar refractivity (Wildman–Crippen MR) is 237 cm³/mol. The molecule has 0 N–H and O–H groups in total. The van der Waals surface area contributed by atoms with Gasteiger partial charge < -0.3 is 9.80 Å².